The van der Waals surface area contributed by atoms with Crippen molar-refractivity contribution in [2.45, 2.75) is 26.3 Å². The van der Waals surface area contributed by atoms with Crippen LogP contribution in [0.4, 0.5) is 5.69 Å². The monoisotopic (exact) mass is 192 g/mol. The molecule has 0 saturated heterocycles. The van der Waals surface area contributed by atoms with Crippen LogP contribution in [0, 0.1) is 0 Å². The summed E-state index contributed by atoms with van der Waals surface area (Å²) < 4.78 is 0. The summed E-state index contributed by atoms with van der Waals surface area (Å²) in [4.78, 5) is 10.8. The number of hydrogen-bond donors (Lipinski definition) is 2. The van der Waals surface area contributed by atoms with Gasteiger partial charge in [-0.05, 0) is 31.0 Å². The smallest absolute Gasteiger partial charge is 0.239 e. The molecule has 1 aromatic carbocycles. The first-order valence-corrected chi connectivity index (χ1v) is 4.78. The van der Waals surface area contributed by atoms with Crippen molar-refractivity contribution in [1.29, 1.82) is 0 Å². The van der Waals surface area contributed by atoms with Crippen LogP contribution in [0.1, 0.15) is 19.4 Å². The third-order valence-electron chi connectivity index (χ3n) is 2.17. The Kier molecular flexibility index (Phi) is 3.51. The highest BCUT2D eigenvalue weighted by Gasteiger charge is 2.06. The van der Waals surface area contributed by atoms with Crippen LogP contribution in [-0.4, -0.2) is 11.9 Å². The van der Waals surface area contributed by atoms with Gasteiger partial charge in [-0.2, -0.15) is 0 Å². The number of carbonyl (C=O) groups is 1. The maximum Gasteiger partial charge on any atom is 0.239 e. The number of hydrogen-bond acceptors (Lipinski definition) is 2. The van der Waals surface area contributed by atoms with Crippen molar-refractivity contribution >= 4 is 11.6 Å². The molecule has 0 aliphatic rings. The van der Waals surface area contributed by atoms with Gasteiger partial charge in [-0.3, -0.25) is 4.79 Å². The minimum absolute atomic E-state index is 0.331. The van der Waals surface area contributed by atoms with Gasteiger partial charge in [0.05, 0.1) is 0 Å². The highest BCUT2D eigenvalue weighted by molar-refractivity contribution is 5.82. The molecule has 0 aliphatic carbocycles. The lowest BCUT2D eigenvalue weighted by atomic mass is 10.1. The Bertz CT molecular complexity index is 306. The van der Waals surface area contributed by atoms with Crippen LogP contribution in [0.5, 0.6) is 0 Å². The van der Waals surface area contributed by atoms with Crippen LogP contribution in [0.2, 0.25) is 0 Å². The van der Waals surface area contributed by atoms with E-state index in [4.69, 9.17) is 5.73 Å². The second kappa shape index (κ2) is 4.65. The normalized spacial score (nSPS) is 12.1. The Morgan fingerprint density at radius 3 is 2.43 bits per heavy atom. The molecule has 0 bridgehead atoms. The Morgan fingerprint density at radius 2 is 2.00 bits per heavy atom. The van der Waals surface area contributed by atoms with Crippen molar-refractivity contribution in [3.05, 3.63) is 29.8 Å². The molecule has 0 spiro atoms. The summed E-state index contributed by atoms with van der Waals surface area (Å²) in [5.41, 5.74) is 7.34. The molecule has 3 N–H and O–H groups in total. The molecular weight excluding hydrogens is 176 g/mol. The molecule has 76 valence electrons. The van der Waals surface area contributed by atoms with E-state index in [0.29, 0.717) is 0 Å². The highest BCUT2D eigenvalue weighted by atomic mass is 16.1. The van der Waals surface area contributed by atoms with E-state index in [1.807, 2.05) is 24.3 Å². The van der Waals surface area contributed by atoms with E-state index in [0.717, 1.165) is 12.1 Å². The fraction of sp³-hybridized carbons (Fsp3) is 0.364. The topological polar surface area (TPSA) is 55.1 Å². The first-order chi connectivity index (χ1) is 6.63. The first kappa shape index (κ1) is 10.6. The number of nitrogens with one attached hydrogen (secondary N) is 1. The molecule has 0 aliphatic heterocycles. The molecule has 1 atom stereocenters. The Labute approximate surface area is 84.3 Å². The molecule has 14 heavy (non-hydrogen) atoms. The molecule has 0 aromatic heterocycles. The number of anilines is 1. The van der Waals surface area contributed by atoms with Gasteiger partial charge in [0, 0.05) is 5.69 Å². The molecule has 3 heteroatoms. The Balaban J connectivity index is 2.64. The molecule has 1 amide bonds. The first-order valence-electron chi connectivity index (χ1n) is 4.78. The maximum absolute atomic E-state index is 10.8. The fourth-order valence-electron chi connectivity index (χ4n) is 1.16. The minimum atomic E-state index is -0.343. The number of benzene rings is 1. The predicted octanol–water partition coefficient (Wildman–Crippen LogP) is 1.53. The van der Waals surface area contributed by atoms with Crippen LogP contribution in [0.3, 0.4) is 0 Å². The SMILES string of the molecule is CCc1ccc(NC(C)C(N)=O)cc1. The van der Waals surface area contributed by atoms with Crippen LogP contribution in [0.25, 0.3) is 0 Å². The van der Waals surface area contributed by atoms with E-state index in [2.05, 4.69) is 12.2 Å². The van der Waals surface area contributed by atoms with Gasteiger partial charge in [-0.15, -0.1) is 0 Å². The summed E-state index contributed by atoms with van der Waals surface area (Å²) in [5, 5.41) is 3.02. The Hall–Kier alpha value is -1.51. The summed E-state index contributed by atoms with van der Waals surface area (Å²) in [7, 11) is 0. The molecule has 1 unspecified atom stereocenters. The van der Waals surface area contributed by atoms with E-state index in [1.165, 1.54) is 5.56 Å². The fourth-order valence-corrected chi connectivity index (χ4v) is 1.16. The number of carbonyl (C=O) groups excluding carboxylic acids is 1. The molecule has 1 aromatic rings. The lowest BCUT2D eigenvalue weighted by Gasteiger charge is -2.11. The Morgan fingerprint density at radius 1 is 1.43 bits per heavy atom. The molecule has 0 fully saturated rings. The molecule has 3 nitrogen and oxygen atoms in total. The van der Waals surface area contributed by atoms with E-state index in [-0.39, 0.29) is 11.9 Å². The van der Waals surface area contributed by atoms with E-state index in [1.54, 1.807) is 6.92 Å². The van der Waals surface area contributed by atoms with Gasteiger partial charge >= 0.3 is 0 Å². The van der Waals surface area contributed by atoms with Gasteiger partial charge in [0.15, 0.2) is 0 Å². The van der Waals surface area contributed by atoms with Crippen LogP contribution in [-0.2, 0) is 11.2 Å². The molecule has 0 heterocycles. The standard InChI is InChI=1S/C11H16N2O/c1-3-9-4-6-10(7-5-9)13-8(2)11(12)14/h4-8,13H,3H2,1-2H3,(H2,12,14). The van der Waals surface area contributed by atoms with Crippen molar-refractivity contribution in [2.24, 2.45) is 5.73 Å². The number of aryl methyl sites for hydroxylation is 1. The second-order valence-corrected chi connectivity index (χ2v) is 3.32. The van der Waals surface area contributed by atoms with Gasteiger partial charge in [0.2, 0.25) is 5.91 Å². The number of rotatable bonds is 4. The summed E-state index contributed by atoms with van der Waals surface area (Å²) in [5.74, 6) is -0.343. The van der Waals surface area contributed by atoms with Crippen molar-refractivity contribution in [3.63, 3.8) is 0 Å². The third kappa shape index (κ3) is 2.76. The largest absolute Gasteiger partial charge is 0.374 e. The lowest BCUT2D eigenvalue weighted by Crippen LogP contribution is -2.32. The quantitative estimate of drug-likeness (QED) is 0.760. The van der Waals surface area contributed by atoms with E-state index >= 15 is 0 Å². The summed E-state index contributed by atoms with van der Waals surface area (Å²) in [6, 6.07) is 7.66. The van der Waals surface area contributed by atoms with Crippen molar-refractivity contribution in [2.75, 3.05) is 5.32 Å². The third-order valence-corrected chi connectivity index (χ3v) is 2.17. The summed E-state index contributed by atoms with van der Waals surface area (Å²) in [6.07, 6.45) is 1.02. The van der Waals surface area contributed by atoms with Gasteiger partial charge in [-0.25, -0.2) is 0 Å². The van der Waals surface area contributed by atoms with Crippen LogP contribution < -0.4 is 11.1 Å². The molecule has 0 saturated carbocycles. The maximum atomic E-state index is 10.8. The summed E-state index contributed by atoms with van der Waals surface area (Å²) in [6.45, 7) is 3.85. The van der Waals surface area contributed by atoms with Gasteiger partial charge in [0.1, 0.15) is 6.04 Å². The molecular formula is C11H16N2O. The highest BCUT2D eigenvalue weighted by Crippen LogP contribution is 2.10. The minimum Gasteiger partial charge on any atom is -0.374 e. The van der Waals surface area contributed by atoms with Crippen molar-refractivity contribution < 1.29 is 4.79 Å². The van der Waals surface area contributed by atoms with Crippen molar-refractivity contribution in [3.8, 4) is 0 Å². The average molecular weight is 192 g/mol. The van der Waals surface area contributed by atoms with Gasteiger partial charge in [-0.1, -0.05) is 19.1 Å². The van der Waals surface area contributed by atoms with Crippen molar-refractivity contribution in [1.82, 2.24) is 0 Å². The molecule has 1 rings (SSSR count). The van der Waals surface area contributed by atoms with Gasteiger partial charge in [0.25, 0.3) is 0 Å². The summed E-state index contributed by atoms with van der Waals surface area (Å²) >= 11 is 0. The second-order valence-electron chi connectivity index (χ2n) is 3.32. The van der Waals surface area contributed by atoms with E-state index in [9.17, 15) is 4.79 Å². The zero-order valence-corrected chi connectivity index (χ0v) is 8.58. The predicted molar refractivity (Wildman–Crippen MR) is 58.1 cm³/mol. The van der Waals surface area contributed by atoms with E-state index < -0.39 is 0 Å². The number of primary amides is 1. The number of nitrogens with two attached hydrogens (primary N) is 1. The number of amides is 1. The van der Waals surface area contributed by atoms with Gasteiger partial charge < -0.3 is 11.1 Å². The lowest BCUT2D eigenvalue weighted by molar-refractivity contribution is -0.118. The van der Waals surface area contributed by atoms with Crippen LogP contribution >= 0.6 is 0 Å². The average Bonchev–Trinajstić information content (AvgIpc) is 2.19. The zero-order chi connectivity index (χ0) is 10.6. The zero-order valence-electron chi connectivity index (χ0n) is 8.58. The van der Waals surface area contributed by atoms with Crippen LogP contribution in [0.15, 0.2) is 24.3 Å². The molecule has 0 radical (unpaired) electrons.